The van der Waals surface area contributed by atoms with Gasteiger partial charge in [-0.3, -0.25) is 9.59 Å². The number of hydrogen-bond donors (Lipinski definition) is 1. The highest BCUT2D eigenvalue weighted by atomic mass is 79.9. The molecule has 4 nitrogen and oxygen atoms in total. The van der Waals surface area contributed by atoms with Crippen LogP contribution in [0.4, 0.5) is 4.39 Å². The molecule has 0 aromatic heterocycles. The summed E-state index contributed by atoms with van der Waals surface area (Å²) in [4.78, 5) is 25.3. The second kappa shape index (κ2) is 6.36. The molecule has 1 N–H and O–H groups in total. The van der Waals surface area contributed by atoms with Crippen LogP contribution in [0.15, 0.2) is 28.7 Å². The van der Waals surface area contributed by atoms with Crippen LogP contribution < -0.4 is 0 Å². The van der Waals surface area contributed by atoms with Crippen molar-refractivity contribution in [3.05, 3.63) is 62.4 Å². The Morgan fingerprint density at radius 1 is 1.38 bits per heavy atom. The predicted octanol–water partition coefficient (Wildman–Crippen LogP) is 3.61. The van der Waals surface area contributed by atoms with Gasteiger partial charge < -0.3 is 10.0 Å². The monoisotopic (exact) mass is 391 g/mol. The molecule has 2 aromatic carbocycles. The molecule has 1 amide bonds. The maximum absolute atomic E-state index is 13.6. The van der Waals surface area contributed by atoms with E-state index in [4.69, 9.17) is 0 Å². The molecule has 0 aliphatic carbocycles. The standard InChI is InChI=1S/C18H15BrFNO3/c1-10-15(6-13(20)7-16(10)19)18(24)21-5-4-14-11(8-21)2-3-12(9-22)17(14)23/h2-3,6-7,9,23H,4-5,8H2,1H3. The number of rotatable bonds is 2. The van der Waals surface area contributed by atoms with Gasteiger partial charge in [-0.25, -0.2) is 4.39 Å². The quantitative estimate of drug-likeness (QED) is 0.795. The van der Waals surface area contributed by atoms with E-state index in [1.807, 2.05) is 0 Å². The largest absolute Gasteiger partial charge is 0.507 e. The van der Waals surface area contributed by atoms with Crippen molar-refractivity contribution in [2.75, 3.05) is 6.54 Å². The Labute approximate surface area is 147 Å². The number of hydrogen-bond acceptors (Lipinski definition) is 3. The fraction of sp³-hybridized carbons (Fsp3) is 0.222. The van der Waals surface area contributed by atoms with E-state index in [0.717, 1.165) is 5.56 Å². The van der Waals surface area contributed by atoms with Crippen molar-refractivity contribution >= 4 is 28.1 Å². The first-order valence-electron chi connectivity index (χ1n) is 7.46. The Kier molecular flexibility index (Phi) is 4.41. The lowest BCUT2D eigenvalue weighted by Gasteiger charge is -2.30. The number of carbonyl (C=O) groups is 2. The van der Waals surface area contributed by atoms with E-state index >= 15 is 0 Å². The van der Waals surface area contributed by atoms with Gasteiger partial charge in [0.1, 0.15) is 11.6 Å². The van der Waals surface area contributed by atoms with Crippen LogP contribution in [0.5, 0.6) is 5.75 Å². The molecule has 0 saturated carbocycles. The van der Waals surface area contributed by atoms with Crippen LogP contribution in [0.25, 0.3) is 0 Å². The Bertz CT molecular complexity index is 851. The van der Waals surface area contributed by atoms with Crippen LogP contribution in [0, 0.1) is 12.7 Å². The maximum atomic E-state index is 13.6. The molecule has 0 radical (unpaired) electrons. The van der Waals surface area contributed by atoms with Gasteiger partial charge in [-0.05, 0) is 42.7 Å². The molecule has 0 spiro atoms. The van der Waals surface area contributed by atoms with E-state index in [1.54, 1.807) is 24.0 Å². The van der Waals surface area contributed by atoms with E-state index in [0.29, 0.717) is 47.0 Å². The Morgan fingerprint density at radius 2 is 2.12 bits per heavy atom. The summed E-state index contributed by atoms with van der Waals surface area (Å²) in [5.41, 5.74) is 2.75. The third-order valence-corrected chi connectivity index (χ3v) is 5.18. The number of benzene rings is 2. The molecule has 0 atom stereocenters. The lowest BCUT2D eigenvalue weighted by atomic mass is 9.95. The predicted molar refractivity (Wildman–Crippen MR) is 90.8 cm³/mol. The number of aromatic hydroxyl groups is 1. The summed E-state index contributed by atoms with van der Waals surface area (Å²) in [6.45, 7) is 2.47. The molecule has 1 aliphatic rings. The van der Waals surface area contributed by atoms with Gasteiger partial charge in [0.15, 0.2) is 6.29 Å². The summed E-state index contributed by atoms with van der Waals surface area (Å²) in [5.74, 6) is -0.738. The number of amides is 1. The molecule has 124 valence electrons. The van der Waals surface area contributed by atoms with Crippen LogP contribution in [-0.4, -0.2) is 28.7 Å². The lowest BCUT2D eigenvalue weighted by Crippen LogP contribution is -2.36. The van der Waals surface area contributed by atoms with Crippen LogP contribution in [0.3, 0.4) is 0 Å². The fourth-order valence-corrected chi connectivity index (χ4v) is 3.39. The second-order valence-corrected chi connectivity index (χ2v) is 6.65. The van der Waals surface area contributed by atoms with E-state index < -0.39 is 5.82 Å². The summed E-state index contributed by atoms with van der Waals surface area (Å²) in [6.07, 6.45) is 1.06. The van der Waals surface area contributed by atoms with Gasteiger partial charge in [-0.15, -0.1) is 0 Å². The highest BCUT2D eigenvalue weighted by molar-refractivity contribution is 9.10. The molecular formula is C18H15BrFNO3. The summed E-state index contributed by atoms with van der Waals surface area (Å²) in [5, 5.41) is 10.1. The molecule has 1 heterocycles. The van der Waals surface area contributed by atoms with Crippen molar-refractivity contribution in [1.82, 2.24) is 4.90 Å². The zero-order valence-electron chi connectivity index (χ0n) is 13.0. The Hall–Kier alpha value is -2.21. The Morgan fingerprint density at radius 3 is 2.83 bits per heavy atom. The first-order valence-corrected chi connectivity index (χ1v) is 8.25. The minimum Gasteiger partial charge on any atom is -0.507 e. The number of phenols is 1. The molecule has 3 rings (SSSR count). The van der Waals surface area contributed by atoms with Gasteiger partial charge >= 0.3 is 0 Å². The molecule has 0 bridgehead atoms. The molecule has 1 aliphatic heterocycles. The van der Waals surface area contributed by atoms with Crippen molar-refractivity contribution in [3.8, 4) is 5.75 Å². The number of nitrogens with zero attached hydrogens (tertiary/aromatic N) is 1. The van der Waals surface area contributed by atoms with Gasteiger partial charge in [0.25, 0.3) is 5.91 Å². The van der Waals surface area contributed by atoms with Crippen LogP contribution in [-0.2, 0) is 13.0 Å². The molecule has 0 saturated heterocycles. The van der Waals surface area contributed by atoms with E-state index in [2.05, 4.69) is 15.9 Å². The number of aldehydes is 1. The van der Waals surface area contributed by atoms with E-state index in [1.165, 1.54) is 12.1 Å². The minimum absolute atomic E-state index is 0.0146. The molecular weight excluding hydrogens is 377 g/mol. The maximum Gasteiger partial charge on any atom is 0.254 e. The third-order valence-electron chi connectivity index (χ3n) is 4.36. The zero-order valence-corrected chi connectivity index (χ0v) is 14.6. The summed E-state index contributed by atoms with van der Waals surface area (Å²) < 4.78 is 14.2. The van der Waals surface area contributed by atoms with Crippen molar-refractivity contribution < 1.29 is 19.1 Å². The van der Waals surface area contributed by atoms with Crippen LogP contribution in [0.1, 0.15) is 37.4 Å². The molecule has 2 aromatic rings. The number of carbonyl (C=O) groups excluding carboxylic acids is 2. The fourth-order valence-electron chi connectivity index (χ4n) is 2.96. The zero-order chi connectivity index (χ0) is 17.4. The lowest BCUT2D eigenvalue weighted by molar-refractivity contribution is 0.0732. The average Bonchev–Trinajstić information content (AvgIpc) is 2.57. The molecule has 0 unspecified atom stereocenters. The van der Waals surface area contributed by atoms with E-state index in [9.17, 15) is 19.1 Å². The number of halogens is 2. The molecule has 6 heteroatoms. The van der Waals surface area contributed by atoms with Gasteiger partial charge in [0.2, 0.25) is 0 Å². The van der Waals surface area contributed by atoms with Crippen LogP contribution >= 0.6 is 15.9 Å². The number of fused-ring (bicyclic) bond motifs is 1. The minimum atomic E-state index is -0.471. The highest BCUT2D eigenvalue weighted by Crippen LogP contribution is 2.31. The second-order valence-electron chi connectivity index (χ2n) is 5.80. The molecule has 0 fully saturated rings. The van der Waals surface area contributed by atoms with Crippen LogP contribution in [0.2, 0.25) is 0 Å². The first kappa shape index (κ1) is 16.6. The third kappa shape index (κ3) is 2.82. The van der Waals surface area contributed by atoms with Crippen molar-refractivity contribution in [3.63, 3.8) is 0 Å². The summed E-state index contributed by atoms with van der Waals surface area (Å²) in [6, 6.07) is 5.85. The Balaban J connectivity index is 1.92. The van der Waals surface area contributed by atoms with Crippen molar-refractivity contribution in [2.45, 2.75) is 19.9 Å². The van der Waals surface area contributed by atoms with Crippen molar-refractivity contribution in [2.24, 2.45) is 0 Å². The van der Waals surface area contributed by atoms with Gasteiger partial charge in [-0.2, -0.15) is 0 Å². The average molecular weight is 392 g/mol. The summed E-state index contributed by atoms with van der Waals surface area (Å²) in [7, 11) is 0. The highest BCUT2D eigenvalue weighted by Gasteiger charge is 2.26. The van der Waals surface area contributed by atoms with Gasteiger partial charge in [0.05, 0.1) is 5.56 Å². The summed E-state index contributed by atoms with van der Waals surface area (Å²) >= 11 is 3.26. The SMILES string of the molecule is Cc1c(Br)cc(F)cc1C(=O)N1CCc2c(ccc(C=O)c2O)C1. The topological polar surface area (TPSA) is 57.6 Å². The van der Waals surface area contributed by atoms with E-state index in [-0.39, 0.29) is 17.2 Å². The van der Waals surface area contributed by atoms with Gasteiger partial charge in [0, 0.05) is 28.7 Å². The molecule has 24 heavy (non-hydrogen) atoms. The van der Waals surface area contributed by atoms with Gasteiger partial charge in [-0.1, -0.05) is 22.0 Å². The van der Waals surface area contributed by atoms with Crippen molar-refractivity contribution in [1.29, 1.82) is 0 Å². The number of phenolic OH excluding ortho intramolecular Hbond substituents is 1. The smallest absolute Gasteiger partial charge is 0.254 e. The normalized spacial score (nSPS) is 13.5. The first-order chi connectivity index (χ1) is 11.4.